The summed E-state index contributed by atoms with van der Waals surface area (Å²) in [6, 6.07) is 6.31. The molecule has 2 aliphatic rings. The predicted octanol–water partition coefficient (Wildman–Crippen LogP) is 4.37. The first kappa shape index (κ1) is 18.1. The molecule has 1 aliphatic heterocycles. The first-order valence-electron chi connectivity index (χ1n) is 9.88. The summed E-state index contributed by atoms with van der Waals surface area (Å²) < 4.78 is 3.41. The number of rotatable bonds is 3. The fourth-order valence-corrected chi connectivity index (χ4v) is 4.76. The Morgan fingerprint density at radius 3 is 2.58 bits per heavy atom. The standard InChI is InChI=1S/C21H28BrN3O/c1-23-9-11-24(12-10-23)21(26)19-15-25(14-16-5-3-2-4-6-16)20-13-17(22)7-8-18(19)20/h7-8,13,15-16H,2-6,9-12,14H2,1H3. The van der Waals surface area contributed by atoms with Crippen molar-refractivity contribution in [2.24, 2.45) is 5.92 Å². The number of carbonyl (C=O) groups is 1. The predicted molar refractivity (Wildman–Crippen MR) is 110 cm³/mol. The molecule has 2 fully saturated rings. The van der Waals surface area contributed by atoms with Gasteiger partial charge in [-0.05, 0) is 37.9 Å². The van der Waals surface area contributed by atoms with Crippen LogP contribution in [0.2, 0.25) is 0 Å². The minimum absolute atomic E-state index is 0.188. The molecule has 1 amide bonds. The van der Waals surface area contributed by atoms with Gasteiger partial charge in [0.25, 0.3) is 5.91 Å². The number of hydrogen-bond acceptors (Lipinski definition) is 2. The van der Waals surface area contributed by atoms with Crippen LogP contribution < -0.4 is 0 Å². The van der Waals surface area contributed by atoms with Crippen molar-refractivity contribution in [2.75, 3.05) is 33.2 Å². The Balaban J connectivity index is 1.65. The number of likely N-dealkylation sites (N-methyl/N-ethyl adjacent to an activating group) is 1. The first-order chi connectivity index (χ1) is 12.6. The molecular formula is C21H28BrN3O. The summed E-state index contributed by atoms with van der Waals surface area (Å²) in [6.07, 6.45) is 8.82. The Morgan fingerprint density at radius 2 is 1.85 bits per heavy atom. The maximum atomic E-state index is 13.2. The van der Waals surface area contributed by atoms with Gasteiger partial charge in [-0.1, -0.05) is 41.3 Å². The van der Waals surface area contributed by atoms with Gasteiger partial charge in [0.05, 0.1) is 5.56 Å². The summed E-state index contributed by atoms with van der Waals surface area (Å²) in [4.78, 5) is 17.5. The number of nitrogens with zero attached hydrogens (tertiary/aromatic N) is 3. The van der Waals surface area contributed by atoms with Crippen LogP contribution in [0.3, 0.4) is 0 Å². The van der Waals surface area contributed by atoms with Crippen molar-refractivity contribution in [2.45, 2.75) is 38.6 Å². The van der Waals surface area contributed by atoms with Gasteiger partial charge in [-0.2, -0.15) is 0 Å². The van der Waals surface area contributed by atoms with Gasteiger partial charge in [-0.15, -0.1) is 0 Å². The summed E-state index contributed by atoms with van der Waals surface area (Å²) in [6.45, 7) is 4.58. The van der Waals surface area contributed by atoms with Gasteiger partial charge < -0.3 is 14.4 Å². The second kappa shape index (κ2) is 7.73. The van der Waals surface area contributed by atoms with E-state index in [9.17, 15) is 4.79 Å². The van der Waals surface area contributed by atoms with E-state index >= 15 is 0 Å². The van der Waals surface area contributed by atoms with Gasteiger partial charge in [-0.25, -0.2) is 0 Å². The maximum Gasteiger partial charge on any atom is 0.256 e. The smallest absolute Gasteiger partial charge is 0.256 e. The Bertz CT molecular complexity index is 786. The average Bonchev–Trinajstić information content (AvgIpc) is 3.00. The van der Waals surface area contributed by atoms with Crippen LogP contribution in [-0.2, 0) is 6.54 Å². The van der Waals surface area contributed by atoms with Crippen LogP contribution in [-0.4, -0.2) is 53.5 Å². The highest BCUT2D eigenvalue weighted by Gasteiger charge is 2.24. The molecule has 0 N–H and O–H groups in total. The molecule has 2 aromatic rings. The number of amides is 1. The highest BCUT2D eigenvalue weighted by atomic mass is 79.9. The van der Waals surface area contributed by atoms with E-state index in [2.05, 4.69) is 50.8 Å². The van der Waals surface area contributed by atoms with Crippen molar-refractivity contribution in [1.29, 1.82) is 0 Å². The molecule has 4 rings (SSSR count). The van der Waals surface area contributed by atoms with Crippen LogP contribution in [0, 0.1) is 5.92 Å². The van der Waals surface area contributed by atoms with Gasteiger partial charge >= 0.3 is 0 Å². The van der Waals surface area contributed by atoms with Crippen molar-refractivity contribution >= 4 is 32.7 Å². The zero-order chi connectivity index (χ0) is 18.1. The van der Waals surface area contributed by atoms with Gasteiger partial charge in [0.15, 0.2) is 0 Å². The fraction of sp³-hybridized carbons (Fsp3) is 0.571. The summed E-state index contributed by atoms with van der Waals surface area (Å²) in [5.41, 5.74) is 2.05. The molecule has 5 heteroatoms. The zero-order valence-corrected chi connectivity index (χ0v) is 17.2. The van der Waals surface area contributed by atoms with E-state index in [4.69, 9.17) is 0 Å². The van der Waals surface area contributed by atoms with E-state index < -0.39 is 0 Å². The zero-order valence-electron chi connectivity index (χ0n) is 15.6. The third-order valence-corrected chi connectivity index (χ3v) is 6.54. The van der Waals surface area contributed by atoms with Crippen LogP contribution in [0.1, 0.15) is 42.5 Å². The largest absolute Gasteiger partial charge is 0.346 e. The van der Waals surface area contributed by atoms with Crippen molar-refractivity contribution in [3.63, 3.8) is 0 Å². The molecule has 1 aromatic heterocycles. The average molecular weight is 418 g/mol. The molecule has 1 saturated heterocycles. The highest BCUT2D eigenvalue weighted by Crippen LogP contribution is 2.30. The normalized spacial score (nSPS) is 20.0. The minimum Gasteiger partial charge on any atom is -0.346 e. The summed E-state index contributed by atoms with van der Waals surface area (Å²) >= 11 is 3.61. The first-order valence-corrected chi connectivity index (χ1v) is 10.7. The maximum absolute atomic E-state index is 13.2. The van der Waals surface area contributed by atoms with Crippen molar-refractivity contribution in [1.82, 2.24) is 14.4 Å². The van der Waals surface area contributed by atoms with Crippen LogP contribution in [0.5, 0.6) is 0 Å². The number of carbonyl (C=O) groups excluding carboxylic acids is 1. The molecule has 0 unspecified atom stereocenters. The van der Waals surface area contributed by atoms with E-state index in [-0.39, 0.29) is 5.91 Å². The third kappa shape index (κ3) is 3.70. The van der Waals surface area contributed by atoms with E-state index in [1.807, 2.05) is 11.0 Å². The van der Waals surface area contributed by atoms with Crippen LogP contribution >= 0.6 is 15.9 Å². The van der Waals surface area contributed by atoms with E-state index in [1.54, 1.807) is 0 Å². The number of benzene rings is 1. The summed E-state index contributed by atoms with van der Waals surface area (Å²) in [5, 5.41) is 1.09. The van der Waals surface area contributed by atoms with Gasteiger partial charge in [0, 0.05) is 54.3 Å². The number of hydrogen-bond donors (Lipinski definition) is 0. The molecule has 26 heavy (non-hydrogen) atoms. The molecule has 140 valence electrons. The molecule has 0 spiro atoms. The Kier molecular flexibility index (Phi) is 5.37. The van der Waals surface area contributed by atoms with Gasteiger partial charge in [0.2, 0.25) is 0 Å². The molecule has 4 nitrogen and oxygen atoms in total. The highest BCUT2D eigenvalue weighted by molar-refractivity contribution is 9.10. The number of piperazine rings is 1. The SMILES string of the molecule is CN1CCN(C(=O)c2cn(CC3CCCCC3)c3cc(Br)ccc23)CC1. The lowest BCUT2D eigenvalue weighted by atomic mass is 9.89. The second-order valence-electron chi connectivity index (χ2n) is 7.96. The lowest BCUT2D eigenvalue weighted by molar-refractivity contribution is 0.0666. The number of aromatic nitrogens is 1. The minimum atomic E-state index is 0.188. The molecule has 1 aliphatic carbocycles. The van der Waals surface area contributed by atoms with Crippen LogP contribution in [0.4, 0.5) is 0 Å². The van der Waals surface area contributed by atoms with E-state index in [1.165, 1.54) is 37.6 Å². The quantitative estimate of drug-likeness (QED) is 0.741. The van der Waals surface area contributed by atoms with Crippen LogP contribution in [0.15, 0.2) is 28.9 Å². The van der Waals surface area contributed by atoms with Crippen molar-refractivity contribution < 1.29 is 4.79 Å². The lowest BCUT2D eigenvalue weighted by Gasteiger charge is -2.32. The fourth-order valence-electron chi connectivity index (χ4n) is 4.41. The third-order valence-electron chi connectivity index (χ3n) is 6.04. The van der Waals surface area contributed by atoms with E-state index in [0.717, 1.165) is 54.1 Å². The van der Waals surface area contributed by atoms with E-state index in [0.29, 0.717) is 0 Å². The van der Waals surface area contributed by atoms with Crippen molar-refractivity contribution in [3.8, 4) is 0 Å². The summed E-state index contributed by atoms with van der Waals surface area (Å²) in [7, 11) is 2.12. The van der Waals surface area contributed by atoms with Crippen molar-refractivity contribution in [3.05, 3.63) is 34.4 Å². The second-order valence-corrected chi connectivity index (χ2v) is 8.87. The topological polar surface area (TPSA) is 28.5 Å². The number of fused-ring (bicyclic) bond motifs is 1. The molecule has 0 atom stereocenters. The Hall–Kier alpha value is -1.33. The van der Waals surface area contributed by atoms with Gasteiger partial charge in [-0.3, -0.25) is 4.79 Å². The molecule has 0 bridgehead atoms. The number of halogens is 1. The van der Waals surface area contributed by atoms with Gasteiger partial charge in [0.1, 0.15) is 0 Å². The van der Waals surface area contributed by atoms with Crippen LogP contribution in [0.25, 0.3) is 10.9 Å². The summed E-state index contributed by atoms with van der Waals surface area (Å²) in [5.74, 6) is 0.928. The monoisotopic (exact) mass is 417 g/mol. The molecule has 0 radical (unpaired) electrons. The molecular weight excluding hydrogens is 390 g/mol. The molecule has 1 saturated carbocycles. The lowest BCUT2D eigenvalue weighted by Crippen LogP contribution is -2.47. The molecule has 2 heterocycles. The Morgan fingerprint density at radius 1 is 1.12 bits per heavy atom. The Labute approximate surface area is 164 Å². The molecule has 1 aromatic carbocycles.